The first kappa shape index (κ1) is 13.3. The van der Waals surface area contributed by atoms with Gasteiger partial charge in [-0.1, -0.05) is 18.6 Å². The molecular formula is C16H24N2S. The van der Waals surface area contributed by atoms with Gasteiger partial charge in [-0.2, -0.15) is 0 Å². The number of piperidine rings is 2. The van der Waals surface area contributed by atoms with Gasteiger partial charge < -0.3 is 10.6 Å². The minimum absolute atomic E-state index is 0.847. The molecule has 0 bridgehead atoms. The van der Waals surface area contributed by atoms with Gasteiger partial charge in [-0.15, -0.1) is 11.8 Å². The molecule has 2 atom stereocenters. The third-order valence-corrected chi connectivity index (χ3v) is 5.88. The van der Waals surface area contributed by atoms with Crippen LogP contribution in [0.1, 0.15) is 32.1 Å². The minimum Gasteiger partial charge on any atom is -0.398 e. The fourth-order valence-corrected chi connectivity index (χ4v) is 4.77. The molecule has 19 heavy (non-hydrogen) atoms. The van der Waals surface area contributed by atoms with Crippen molar-refractivity contribution in [1.82, 2.24) is 4.90 Å². The largest absolute Gasteiger partial charge is 0.398 e. The smallest absolute Gasteiger partial charge is 0.0452 e. The summed E-state index contributed by atoms with van der Waals surface area (Å²) in [6.07, 6.45) is 7.03. The van der Waals surface area contributed by atoms with E-state index in [0.717, 1.165) is 17.6 Å². The zero-order valence-electron chi connectivity index (χ0n) is 11.6. The van der Waals surface area contributed by atoms with Gasteiger partial charge in [0.15, 0.2) is 0 Å². The maximum absolute atomic E-state index is 6.04. The molecule has 3 rings (SSSR count). The lowest BCUT2D eigenvalue weighted by Gasteiger charge is -2.44. The van der Waals surface area contributed by atoms with E-state index in [1.165, 1.54) is 55.8 Å². The van der Waals surface area contributed by atoms with E-state index in [9.17, 15) is 0 Å². The Labute approximate surface area is 120 Å². The van der Waals surface area contributed by atoms with Gasteiger partial charge in [0.25, 0.3) is 0 Å². The molecule has 0 spiro atoms. The fourth-order valence-electron chi connectivity index (χ4n) is 3.58. The molecule has 0 unspecified atom stereocenters. The maximum Gasteiger partial charge on any atom is 0.0452 e. The molecule has 2 saturated heterocycles. The lowest BCUT2D eigenvalue weighted by molar-refractivity contribution is 0.0693. The molecule has 2 nitrogen and oxygen atoms in total. The highest BCUT2D eigenvalue weighted by molar-refractivity contribution is 7.99. The molecule has 2 aliphatic heterocycles. The summed E-state index contributed by atoms with van der Waals surface area (Å²) in [6, 6.07) is 9.12. The van der Waals surface area contributed by atoms with Crippen LogP contribution < -0.4 is 5.73 Å². The van der Waals surface area contributed by atoms with Gasteiger partial charge in [-0.05, 0) is 56.8 Å². The van der Waals surface area contributed by atoms with E-state index in [1.807, 2.05) is 23.9 Å². The van der Waals surface area contributed by atoms with Gasteiger partial charge in [0.05, 0.1) is 0 Å². The Morgan fingerprint density at radius 2 is 1.95 bits per heavy atom. The van der Waals surface area contributed by atoms with E-state index in [4.69, 9.17) is 5.73 Å². The van der Waals surface area contributed by atoms with E-state index in [0.29, 0.717) is 0 Å². The van der Waals surface area contributed by atoms with Crippen molar-refractivity contribution in [3.8, 4) is 0 Å². The quantitative estimate of drug-likeness (QED) is 0.675. The van der Waals surface area contributed by atoms with Gasteiger partial charge in [-0.25, -0.2) is 0 Å². The Hall–Kier alpha value is -0.670. The molecule has 2 N–H and O–H groups in total. The van der Waals surface area contributed by atoms with E-state index < -0.39 is 0 Å². The molecule has 104 valence electrons. The first-order valence-corrected chi connectivity index (χ1v) is 8.54. The lowest BCUT2D eigenvalue weighted by atomic mass is 9.85. The number of nitrogens with zero attached hydrogens (tertiary/aromatic N) is 1. The number of anilines is 1. The van der Waals surface area contributed by atoms with Crippen molar-refractivity contribution in [3.05, 3.63) is 24.3 Å². The van der Waals surface area contributed by atoms with Crippen molar-refractivity contribution in [2.75, 3.05) is 24.6 Å². The normalized spacial score (nSPS) is 28.0. The van der Waals surface area contributed by atoms with Crippen LogP contribution in [0.2, 0.25) is 0 Å². The van der Waals surface area contributed by atoms with E-state index in [-0.39, 0.29) is 0 Å². The number of thioether (sulfide) groups is 1. The molecule has 0 radical (unpaired) electrons. The Kier molecular flexibility index (Phi) is 4.34. The molecular weight excluding hydrogens is 252 g/mol. The maximum atomic E-state index is 6.04. The molecule has 0 saturated carbocycles. The topological polar surface area (TPSA) is 29.3 Å². The SMILES string of the molecule is Nc1ccccc1SC[C@@H]1CCCN2CCCC[C@H]12. The van der Waals surface area contributed by atoms with E-state index >= 15 is 0 Å². The first-order valence-electron chi connectivity index (χ1n) is 7.56. The Balaban J connectivity index is 1.61. The van der Waals surface area contributed by atoms with Crippen LogP contribution in [0.3, 0.4) is 0 Å². The van der Waals surface area contributed by atoms with Gasteiger partial charge in [0, 0.05) is 22.4 Å². The highest BCUT2D eigenvalue weighted by Crippen LogP contribution is 2.35. The summed E-state index contributed by atoms with van der Waals surface area (Å²) in [5.74, 6) is 2.09. The predicted molar refractivity (Wildman–Crippen MR) is 83.5 cm³/mol. The van der Waals surface area contributed by atoms with Crippen molar-refractivity contribution in [3.63, 3.8) is 0 Å². The van der Waals surface area contributed by atoms with Crippen molar-refractivity contribution in [1.29, 1.82) is 0 Å². The minimum atomic E-state index is 0.847. The van der Waals surface area contributed by atoms with Crippen LogP contribution in [0.5, 0.6) is 0 Å². The van der Waals surface area contributed by atoms with E-state index in [1.54, 1.807) is 0 Å². The Bertz CT molecular complexity index is 419. The Morgan fingerprint density at radius 1 is 1.11 bits per heavy atom. The zero-order chi connectivity index (χ0) is 13.1. The summed E-state index contributed by atoms with van der Waals surface area (Å²) >= 11 is 1.96. The van der Waals surface area contributed by atoms with Crippen LogP contribution >= 0.6 is 11.8 Å². The number of hydrogen-bond donors (Lipinski definition) is 1. The summed E-state index contributed by atoms with van der Waals surface area (Å²) in [4.78, 5) is 4.00. The number of hydrogen-bond acceptors (Lipinski definition) is 3. The average molecular weight is 276 g/mol. The van der Waals surface area contributed by atoms with Crippen LogP contribution in [-0.4, -0.2) is 29.8 Å². The van der Waals surface area contributed by atoms with Crippen molar-refractivity contribution < 1.29 is 0 Å². The summed E-state index contributed by atoms with van der Waals surface area (Å²) in [5.41, 5.74) is 6.97. The zero-order valence-corrected chi connectivity index (χ0v) is 12.4. The van der Waals surface area contributed by atoms with Crippen LogP contribution in [0.15, 0.2) is 29.2 Å². The van der Waals surface area contributed by atoms with Gasteiger partial charge in [0.2, 0.25) is 0 Å². The van der Waals surface area contributed by atoms with Crippen LogP contribution in [0.25, 0.3) is 0 Å². The summed E-state index contributed by atoms with van der Waals surface area (Å²) in [5, 5.41) is 0. The molecule has 3 heteroatoms. The van der Waals surface area contributed by atoms with Crippen molar-refractivity contribution in [2.45, 2.75) is 43.0 Å². The molecule has 0 aromatic heterocycles. The summed E-state index contributed by atoms with van der Waals surface area (Å²) in [7, 11) is 0. The number of fused-ring (bicyclic) bond motifs is 1. The molecule has 2 aliphatic rings. The van der Waals surface area contributed by atoms with Gasteiger partial charge >= 0.3 is 0 Å². The molecule has 0 aliphatic carbocycles. The third-order valence-electron chi connectivity index (χ3n) is 4.60. The standard InChI is InChI=1S/C16H24N2S/c17-14-7-1-2-9-16(14)19-12-13-6-5-11-18-10-4-3-8-15(13)18/h1-2,7,9,13,15H,3-6,8,10-12,17H2/t13-,15+/m0/s1. The van der Waals surface area contributed by atoms with Crippen molar-refractivity contribution >= 4 is 17.4 Å². The highest BCUT2D eigenvalue weighted by Gasteiger charge is 2.32. The number of rotatable bonds is 3. The molecule has 2 heterocycles. The lowest BCUT2D eigenvalue weighted by Crippen LogP contribution is -2.48. The number of nitrogens with two attached hydrogens (primary N) is 1. The molecule has 0 amide bonds. The number of benzene rings is 1. The summed E-state index contributed by atoms with van der Waals surface area (Å²) in [6.45, 7) is 2.67. The second-order valence-corrected chi connectivity index (χ2v) is 6.91. The van der Waals surface area contributed by atoms with Crippen LogP contribution in [-0.2, 0) is 0 Å². The van der Waals surface area contributed by atoms with Crippen molar-refractivity contribution in [2.24, 2.45) is 5.92 Å². The second-order valence-electron chi connectivity index (χ2n) is 5.85. The summed E-state index contributed by atoms with van der Waals surface area (Å²) < 4.78 is 0. The monoisotopic (exact) mass is 276 g/mol. The van der Waals surface area contributed by atoms with Gasteiger partial charge in [-0.3, -0.25) is 0 Å². The van der Waals surface area contributed by atoms with Crippen LogP contribution in [0, 0.1) is 5.92 Å². The Morgan fingerprint density at radius 3 is 2.84 bits per heavy atom. The molecule has 1 aromatic rings. The van der Waals surface area contributed by atoms with E-state index in [2.05, 4.69) is 17.0 Å². The fraction of sp³-hybridized carbons (Fsp3) is 0.625. The average Bonchev–Trinajstić information content (AvgIpc) is 2.46. The highest BCUT2D eigenvalue weighted by atomic mass is 32.2. The van der Waals surface area contributed by atoms with Crippen LogP contribution in [0.4, 0.5) is 5.69 Å². The number of nitrogen functional groups attached to an aromatic ring is 1. The third kappa shape index (κ3) is 3.09. The molecule has 1 aromatic carbocycles. The first-order chi connectivity index (χ1) is 9.34. The number of para-hydroxylation sites is 1. The molecule has 2 fully saturated rings. The predicted octanol–water partition coefficient (Wildman–Crippen LogP) is 3.63. The second kappa shape index (κ2) is 6.19. The van der Waals surface area contributed by atoms with Gasteiger partial charge in [0.1, 0.15) is 0 Å².